The van der Waals surface area contributed by atoms with Crippen LogP contribution in [-0.2, 0) is 4.74 Å². The van der Waals surface area contributed by atoms with E-state index in [9.17, 15) is 4.79 Å². The molecule has 0 bridgehead atoms. The minimum absolute atomic E-state index is 0.173. The van der Waals surface area contributed by atoms with E-state index in [2.05, 4.69) is 10.2 Å². The average molecular weight is 248 g/mol. The number of methoxy groups -OCH3 is 1. The van der Waals surface area contributed by atoms with Crippen molar-refractivity contribution in [2.45, 2.75) is 13.0 Å². The Kier molecular flexibility index (Phi) is 3.38. The molecule has 6 nitrogen and oxygen atoms in total. The monoisotopic (exact) mass is 248 g/mol. The van der Waals surface area contributed by atoms with E-state index < -0.39 is 5.97 Å². The molecule has 0 fully saturated rings. The number of hydrogen-bond donors (Lipinski definition) is 1. The van der Waals surface area contributed by atoms with Gasteiger partial charge in [-0.3, -0.25) is 0 Å². The van der Waals surface area contributed by atoms with Crippen LogP contribution in [0.1, 0.15) is 29.3 Å². The minimum Gasteiger partial charge on any atom is -0.478 e. The molecule has 18 heavy (non-hydrogen) atoms. The molecular weight excluding hydrogens is 236 g/mol. The molecule has 2 rings (SSSR count). The summed E-state index contributed by atoms with van der Waals surface area (Å²) < 4.78 is 10.5. The molecular formula is C12H12N2O4. The molecule has 1 unspecified atom stereocenters. The van der Waals surface area contributed by atoms with Crippen LogP contribution in [0.4, 0.5) is 0 Å². The standard InChI is InChI=1S/C12H12N2O4/c1-7(17-2)10-13-14-11(18-10)8-4-3-5-9(6-8)12(15)16/h3-7H,1-2H3,(H,15,16). The lowest BCUT2D eigenvalue weighted by atomic mass is 10.1. The van der Waals surface area contributed by atoms with Gasteiger partial charge in [0.2, 0.25) is 11.8 Å². The van der Waals surface area contributed by atoms with E-state index in [4.69, 9.17) is 14.3 Å². The highest BCUT2D eigenvalue weighted by atomic mass is 16.5. The highest BCUT2D eigenvalue weighted by Gasteiger charge is 2.15. The normalized spacial score (nSPS) is 12.3. The third-order valence-electron chi connectivity index (χ3n) is 2.50. The van der Waals surface area contributed by atoms with E-state index in [0.29, 0.717) is 11.5 Å². The summed E-state index contributed by atoms with van der Waals surface area (Å²) in [6.07, 6.45) is -0.297. The number of rotatable bonds is 4. The Morgan fingerprint density at radius 1 is 1.44 bits per heavy atom. The Morgan fingerprint density at radius 3 is 2.89 bits per heavy atom. The molecule has 2 aromatic rings. The first-order chi connectivity index (χ1) is 8.61. The van der Waals surface area contributed by atoms with E-state index >= 15 is 0 Å². The van der Waals surface area contributed by atoms with Crippen molar-refractivity contribution in [3.63, 3.8) is 0 Å². The van der Waals surface area contributed by atoms with Crippen molar-refractivity contribution in [2.24, 2.45) is 0 Å². The Bertz CT molecular complexity index is 565. The maximum absolute atomic E-state index is 10.9. The van der Waals surface area contributed by atoms with E-state index in [-0.39, 0.29) is 17.6 Å². The first kappa shape index (κ1) is 12.3. The third kappa shape index (κ3) is 2.38. The number of ether oxygens (including phenoxy) is 1. The van der Waals surface area contributed by atoms with Gasteiger partial charge in [0.05, 0.1) is 5.56 Å². The van der Waals surface area contributed by atoms with E-state index in [1.165, 1.54) is 12.1 Å². The Labute approximate surface area is 103 Å². The first-order valence-corrected chi connectivity index (χ1v) is 5.31. The lowest BCUT2D eigenvalue weighted by Gasteiger charge is -2.01. The van der Waals surface area contributed by atoms with Crippen LogP contribution in [0, 0.1) is 0 Å². The fourth-order valence-electron chi connectivity index (χ4n) is 1.40. The molecule has 1 atom stereocenters. The van der Waals surface area contributed by atoms with Crippen molar-refractivity contribution in [1.29, 1.82) is 0 Å². The van der Waals surface area contributed by atoms with E-state index in [1.54, 1.807) is 26.2 Å². The second-order valence-electron chi connectivity index (χ2n) is 3.71. The minimum atomic E-state index is -0.998. The molecule has 0 aliphatic heterocycles. The van der Waals surface area contributed by atoms with Crippen molar-refractivity contribution in [1.82, 2.24) is 10.2 Å². The summed E-state index contributed by atoms with van der Waals surface area (Å²) in [7, 11) is 1.54. The highest BCUT2D eigenvalue weighted by molar-refractivity contribution is 5.88. The second-order valence-corrected chi connectivity index (χ2v) is 3.71. The van der Waals surface area contributed by atoms with Gasteiger partial charge in [0.15, 0.2) is 0 Å². The van der Waals surface area contributed by atoms with Crippen molar-refractivity contribution >= 4 is 5.97 Å². The molecule has 94 valence electrons. The van der Waals surface area contributed by atoms with Gasteiger partial charge in [-0.25, -0.2) is 4.79 Å². The predicted octanol–water partition coefficient (Wildman–Crippen LogP) is 2.14. The molecule has 0 spiro atoms. The Morgan fingerprint density at radius 2 is 2.22 bits per heavy atom. The van der Waals surface area contributed by atoms with Gasteiger partial charge in [0.25, 0.3) is 0 Å². The zero-order chi connectivity index (χ0) is 13.1. The molecule has 0 aliphatic carbocycles. The van der Waals surface area contributed by atoms with Gasteiger partial charge < -0.3 is 14.3 Å². The number of carboxylic acid groups (broad SMARTS) is 1. The number of carboxylic acids is 1. The maximum atomic E-state index is 10.9. The van der Waals surface area contributed by atoms with Crippen LogP contribution in [0.15, 0.2) is 28.7 Å². The number of nitrogens with zero attached hydrogens (tertiary/aromatic N) is 2. The molecule has 1 heterocycles. The summed E-state index contributed by atoms with van der Waals surface area (Å²) in [5.41, 5.74) is 0.740. The zero-order valence-corrected chi connectivity index (χ0v) is 9.95. The summed E-state index contributed by atoms with van der Waals surface area (Å²) in [5.74, 6) is -0.368. The highest BCUT2D eigenvalue weighted by Crippen LogP contribution is 2.22. The summed E-state index contributed by atoms with van der Waals surface area (Å²) in [6.45, 7) is 1.78. The summed E-state index contributed by atoms with van der Waals surface area (Å²) in [4.78, 5) is 10.9. The van der Waals surface area contributed by atoms with Crippen molar-refractivity contribution in [3.8, 4) is 11.5 Å². The van der Waals surface area contributed by atoms with Crippen LogP contribution >= 0.6 is 0 Å². The predicted molar refractivity (Wildman–Crippen MR) is 62.1 cm³/mol. The molecule has 1 aromatic carbocycles. The molecule has 0 saturated carbocycles. The van der Waals surface area contributed by atoms with Crippen LogP contribution in [-0.4, -0.2) is 28.4 Å². The SMILES string of the molecule is COC(C)c1nnc(-c2cccc(C(=O)O)c2)o1. The molecule has 1 aromatic heterocycles. The lowest BCUT2D eigenvalue weighted by molar-refractivity contribution is 0.0697. The Hall–Kier alpha value is -2.21. The fourth-order valence-corrected chi connectivity index (χ4v) is 1.40. The van der Waals surface area contributed by atoms with Crippen LogP contribution in [0.3, 0.4) is 0 Å². The fraction of sp³-hybridized carbons (Fsp3) is 0.250. The topological polar surface area (TPSA) is 85.5 Å². The molecule has 0 radical (unpaired) electrons. The average Bonchev–Trinajstić information content (AvgIpc) is 2.87. The summed E-state index contributed by atoms with van der Waals surface area (Å²) in [6, 6.07) is 6.32. The van der Waals surface area contributed by atoms with Gasteiger partial charge in [0, 0.05) is 12.7 Å². The number of hydrogen-bond acceptors (Lipinski definition) is 5. The van der Waals surface area contributed by atoms with E-state index in [1.807, 2.05) is 0 Å². The summed E-state index contributed by atoms with van der Waals surface area (Å²) >= 11 is 0. The quantitative estimate of drug-likeness (QED) is 0.892. The lowest BCUT2D eigenvalue weighted by Crippen LogP contribution is -1.95. The van der Waals surface area contributed by atoms with Gasteiger partial charge in [-0.1, -0.05) is 6.07 Å². The number of benzene rings is 1. The van der Waals surface area contributed by atoms with Crippen LogP contribution in [0.5, 0.6) is 0 Å². The number of carbonyl (C=O) groups is 1. The molecule has 1 N–H and O–H groups in total. The largest absolute Gasteiger partial charge is 0.478 e. The number of aromatic nitrogens is 2. The van der Waals surface area contributed by atoms with Crippen LogP contribution in [0.2, 0.25) is 0 Å². The van der Waals surface area contributed by atoms with Gasteiger partial charge in [0.1, 0.15) is 6.10 Å². The molecule has 0 aliphatic rings. The smallest absolute Gasteiger partial charge is 0.335 e. The van der Waals surface area contributed by atoms with Crippen molar-refractivity contribution in [2.75, 3.05) is 7.11 Å². The zero-order valence-electron chi connectivity index (χ0n) is 9.95. The van der Waals surface area contributed by atoms with Gasteiger partial charge in [-0.05, 0) is 25.1 Å². The number of aromatic carboxylic acids is 1. The van der Waals surface area contributed by atoms with Gasteiger partial charge in [-0.2, -0.15) is 0 Å². The van der Waals surface area contributed by atoms with Crippen molar-refractivity contribution in [3.05, 3.63) is 35.7 Å². The maximum Gasteiger partial charge on any atom is 0.335 e. The van der Waals surface area contributed by atoms with Crippen molar-refractivity contribution < 1.29 is 19.1 Å². The summed E-state index contributed by atoms with van der Waals surface area (Å²) in [5, 5.41) is 16.6. The van der Waals surface area contributed by atoms with Gasteiger partial charge >= 0.3 is 5.97 Å². The molecule has 6 heteroatoms. The molecule has 0 saturated heterocycles. The van der Waals surface area contributed by atoms with Crippen LogP contribution in [0.25, 0.3) is 11.5 Å². The molecule has 0 amide bonds. The van der Waals surface area contributed by atoms with Gasteiger partial charge in [-0.15, -0.1) is 10.2 Å². The Balaban J connectivity index is 2.34. The first-order valence-electron chi connectivity index (χ1n) is 5.31. The third-order valence-corrected chi connectivity index (χ3v) is 2.50. The van der Waals surface area contributed by atoms with E-state index in [0.717, 1.165) is 0 Å². The van der Waals surface area contributed by atoms with Crippen LogP contribution < -0.4 is 0 Å². The second kappa shape index (κ2) is 4.97.